The SMILES string of the molecule is CN(C(=O)CCNC1CC1)c1ccccc1. The standard InChI is InChI=1S/C13H18N2O/c1-15(12-5-3-2-4-6-12)13(16)9-10-14-11-7-8-11/h2-6,11,14H,7-10H2,1H3. The van der Waals surface area contributed by atoms with Crippen LogP contribution in [0.5, 0.6) is 0 Å². The van der Waals surface area contributed by atoms with Gasteiger partial charge in [-0.15, -0.1) is 0 Å². The van der Waals surface area contributed by atoms with Crippen LogP contribution in [0, 0.1) is 0 Å². The topological polar surface area (TPSA) is 32.3 Å². The Bertz CT molecular complexity index is 346. The summed E-state index contributed by atoms with van der Waals surface area (Å²) in [5.41, 5.74) is 0.957. The molecule has 0 aliphatic heterocycles. The maximum atomic E-state index is 11.8. The molecule has 3 nitrogen and oxygen atoms in total. The minimum atomic E-state index is 0.166. The van der Waals surface area contributed by atoms with E-state index in [0.717, 1.165) is 12.2 Å². The van der Waals surface area contributed by atoms with Gasteiger partial charge in [0.25, 0.3) is 0 Å². The molecule has 86 valence electrons. The van der Waals surface area contributed by atoms with Crippen LogP contribution in [-0.4, -0.2) is 25.5 Å². The second-order valence-electron chi connectivity index (χ2n) is 4.27. The predicted octanol–water partition coefficient (Wildman–Crippen LogP) is 1.79. The third-order valence-electron chi connectivity index (χ3n) is 2.87. The molecule has 0 atom stereocenters. The summed E-state index contributed by atoms with van der Waals surface area (Å²) in [5.74, 6) is 0.166. The lowest BCUT2D eigenvalue weighted by Gasteiger charge is -2.17. The summed E-state index contributed by atoms with van der Waals surface area (Å²) in [7, 11) is 1.83. The Morgan fingerprint density at radius 2 is 2.06 bits per heavy atom. The first-order valence-electron chi connectivity index (χ1n) is 5.82. The first-order valence-corrected chi connectivity index (χ1v) is 5.82. The second-order valence-corrected chi connectivity index (χ2v) is 4.27. The molecule has 1 aromatic rings. The molecule has 0 saturated heterocycles. The minimum absolute atomic E-state index is 0.166. The Morgan fingerprint density at radius 3 is 2.69 bits per heavy atom. The number of nitrogens with zero attached hydrogens (tertiary/aromatic N) is 1. The van der Waals surface area contributed by atoms with Gasteiger partial charge in [-0.2, -0.15) is 0 Å². The van der Waals surface area contributed by atoms with Crippen molar-refractivity contribution in [3.05, 3.63) is 30.3 Å². The number of hydrogen-bond acceptors (Lipinski definition) is 2. The van der Waals surface area contributed by atoms with Gasteiger partial charge in [-0.3, -0.25) is 4.79 Å². The van der Waals surface area contributed by atoms with E-state index in [1.165, 1.54) is 12.8 Å². The van der Waals surface area contributed by atoms with Crippen LogP contribution in [0.15, 0.2) is 30.3 Å². The molecule has 1 saturated carbocycles. The van der Waals surface area contributed by atoms with Crippen LogP contribution in [-0.2, 0) is 4.79 Å². The second kappa shape index (κ2) is 5.12. The maximum Gasteiger partial charge on any atom is 0.227 e. The lowest BCUT2D eigenvalue weighted by Crippen LogP contribution is -2.30. The van der Waals surface area contributed by atoms with Crippen molar-refractivity contribution in [1.82, 2.24) is 5.32 Å². The smallest absolute Gasteiger partial charge is 0.227 e. The van der Waals surface area contributed by atoms with Crippen LogP contribution in [0.25, 0.3) is 0 Å². The van der Waals surface area contributed by atoms with Crippen molar-refractivity contribution in [1.29, 1.82) is 0 Å². The Labute approximate surface area is 96.5 Å². The molecular weight excluding hydrogens is 200 g/mol. The molecule has 3 heteroatoms. The molecule has 0 unspecified atom stereocenters. The Hall–Kier alpha value is -1.35. The quantitative estimate of drug-likeness (QED) is 0.817. The minimum Gasteiger partial charge on any atom is -0.315 e. The van der Waals surface area contributed by atoms with Gasteiger partial charge in [-0.1, -0.05) is 18.2 Å². The first-order chi connectivity index (χ1) is 7.77. The van der Waals surface area contributed by atoms with E-state index in [9.17, 15) is 4.79 Å². The zero-order chi connectivity index (χ0) is 11.4. The van der Waals surface area contributed by atoms with Crippen LogP contribution in [0.1, 0.15) is 19.3 Å². The van der Waals surface area contributed by atoms with Crippen molar-refractivity contribution in [2.45, 2.75) is 25.3 Å². The van der Waals surface area contributed by atoms with Crippen molar-refractivity contribution in [3.8, 4) is 0 Å². The van der Waals surface area contributed by atoms with E-state index >= 15 is 0 Å². The van der Waals surface area contributed by atoms with Gasteiger partial charge in [0.2, 0.25) is 5.91 Å². The van der Waals surface area contributed by atoms with Gasteiger partial charge >= 0.3 is 0 Å². The van der Waals surface area contributed by atoms with Gasteiger partial charge in [0.1, 0.15) is 0 Å². The Balaban J connectivity index is 1.79. The largest absolute Gasteiger partial charge is 0.315 e. The fraction of sp³-hybridized carbons (Fsp3) is 0.462. The fourth-order valence-electron chi connectivity index (χ4n) is 1.63. The predicted molar refractivity (Wildman–Crippen MR) is 65.5 cm³/mol. The molecule has 1 aliphatic carbocycles. The number of anilines is 1. The number of rotatable bonds is 5. The number of para-hydroxylation sites is 1. The molecule has 2 rings (SSSR count). The third kappa shape index (κ3) is 3.07. The molecule has 0 spiro atoms. The van der Waals surface area contributed by atoms with Crippen molar-refractivity contribution in [3.63, 3.8) is 0 Å². The van der Waals surface area contributed by atoms with Gasteiger partial charge in [0.05, 0.1) is 0 Å². The highest BCUT2D eigenvalue weighted by Crippen LogP contribution is 2.18. The molecule has 1 fully saturated rings. The number of nitrogens with one attached hydrogen (secondary N) is 1. The lowest BCUT2D eigenvalue weighted by atomic mass is 10.2. The zero-order valence-corrected chi connectivity index (χ0v) is 9.65. The molecule has 0 radical (unpaired) electrons. The number of carbonyl (C=O) groups excluding carboxylic acids is 1. The molecule has 1 aromatic carbocycles. The highest BCUT2D eigenvalue weighted by atomic mass is 16.2. The van der Waals surface area contributed by atoms with E-state index in [1.54, 1.807) is 4.90 Å². The number of hydrogen-bond donors (Lipinski definition) is 1. The zero-order valence-electron chi connectivity index (χ0n) is 9.65. The van der Waals surface area contributed by atoms with Gasteiger partial charge < -0.3 is 10.2 Å². The van der Waals surface area contributed by atoms with Gasteiger partial charge in [-0.25, -0.2) is 0 Å². The van der Waals surface area contributed by atoms with E-state index in [0.29, 0.717) is 12.5 Å². The van der Waals surface area contributed by atoms with E-state index in [4.69, 9.17) is 0 Å². The van der Waals surface area contributed by atoms with Crippen LogP contribution >= 0.6 is 0 Å². The summed E-state index contributed by atoms with van der Waals surface area (Å²) < 4.78 is 0. The van der Waals surface area contributed by atoms with Gasteiger partial charge in [0, 0.05) is 31.7 Å². The van der Waals surface area contributed by atoms with Crippen molar-refractivity contribution in [2.75, 3.05) is 18.5 Å². The average molecular weight is 218 g/mol. The first kappa shape index (κ1) is 11.1. The Morgan fingerprint density at radius 1 is 1.38 bits per heavy atom. The summed E-state index contributed by atoms with van der Waals surface area (Å²) in [4.78, 5) is 13.5. The third-order valence-corrected chi connectivity index (χ3v) is 2.87. The van der Waals surface area contributed by atoms with Crippen LogP contribution in [0.4, 0.5) is 5.69 Å². The molecule has 1 aliphatic rings. The van der Waals surface area contributed by atoms with Crippen LogP contribution < -0.4 is 10.2 Å². The molecule has 0 aromatic heterocycles. The van der Waals surface area contributed by atoms with E-state index in [1.807, 2.05) is 37.4 Å². The van der Waals surface area contributed by atoms with Crippen molar-refractivity contribution in [2.24, 2.45) is 0 Å². The summed E-state index contributed by atoms with van der Waals surface area (Å²) in [5, 5.41) is 3.35. The van der Waals surface area contributed by atoms with E-state index in [-0.39, 0.29) is 5.91 Å². The van der Waals surface area contributed by atoms with Crippen molar-refractivity contribution < 1.29 is 4.79 Å². The summed E-state index contributed by atoms with van der Waals surface area (Å²) in [6.45, 7) is 0.792. The van der Waals surface area contributed by atoms with E-state index < -0.39 is 0 Å². The number of carbonyl (C=O) groups is 1. The number of amides is 1. The average Bonchev–Trinajstić information content (AvgIpc) is 3.13. The lowest BCUT2D eigenvalue weighted by molar-refractivity contribution is -0.118. The monoisotopic (exact) mass is 218 g/mol. The van der Waals surface area contributed by atoms with Gasteiger partial charge in [0.15, 0.2) is 0 Å². The molecule has 1 amide bonds. The van der Waals surface area contributed by atoms with Crippen molar-refractivity contribution >= 4 is 11.6 Å². The van der Waals surface area contributed by atoms with Gasteiger partial charge in [-0.05, 0) is 25.0 Å². The summed E-state index contributed by atoms with van der Waals surface area (Å²) >= 11 is 0. The van der Waals surface area contributed by atoms with Crippen LogP contribution in [0.3, 0.4) is 0 Å². The molecule has 16 heavy (non-hydrogen) atoms. The molecule has 0 heterocycles. The molecular formula is C13H18N2O. The van der Waals surface area contributed by atoms with E-state index in [2.05, 4.69) is 5.32 Å². The summed E-state index contributed by atoms with van der Waals surface area (Å²) in [6, 6.07) is 10.4. The summed E-state index contributed by atoms with van der Waals surface area (Å²) in [6.07, 6.45) is 3.10. The Kier molecular flexibility index (Phi) is 3.57. The number of benzene rings is 1. The normalized spacial score (nSPS) is 14.8. The molecule has 0 bridgehead atoms. The van der Waals surface area contributed by atoms with Crippen LogP contribution in [0.2, 0.25) is 0 Å². The maximum absolute atomic E-state index is 11.8. The highest BCUT2D eigenvalue weighted by Gasteiger charge is 2.20. The molecule has 1 N–H and O–H groups in total. The fourth-order valence-corrected chi connectivity index (χ4v) is 1.63. The highest BCUT2D eigenvalue weighted by molar-refractivity contribution is 5.92.